The number of aryl methyl sites for hydroxylation is 1. The highest BCUT2D eigenvalue weighted by molar-refractivity contribution is 5.47. The Balaban J connectivity index is 2.16. The number of rotatable bonds is 4. The van der Waals surface area contributed by atoms with Crippen molar-refractivity contribution < 1.29 is 0 Å². The van der Waals surface area contributed by atoms with E-state index < -0.39 is 0 Å². The Morgan fingerprint density at radius 1 is 1.47 bits per heavy atom. The molecule has 2 heteroatoms. The summed E-state index contributed by atoms with van der Waals surface area (Å²) in [4.78, 5) is 2.53. The van der Waals surface area contributed by atoms with Gasteiger partial charge in [0, 0.05) is 17.8 Å². The van der Waals surface area contributed by atoms with E-state index in [1.54, 1.807) is 0 Å². The zero-order valence-electron chi connectivity index (χ0n) is 11.2. The van der Waals surface area contributed by atoms with Crippen molar-refractivity contribution in [1.82, 2.24) is 4.90 Å². The lowest BCUT2D eigenvalue weighted by Gasteiger charge is -2.31. The van der Waals surface area contributed by atoms with Crippen molar-refractivity contribution in [3.05, 3.63) is 29.3 Å². The van der Waals surface area contributed by atoms with Crippen molar-refractivity contribution in [2.45, 2.75) is 51.6 Å². The lowest BCUT2D eigenvalue weighted by Crippen LogP contribution is -2.32. The Morgan fingerprint density at radius 2 is 2.24 bits per heavy atom. The van der Waals surface area contributed by atoms with Gasteiger partial charge in [0.25, 0.3) is 0 Å². The fourth-order valence-electron chi connectivity index (χ4n) is 2.97. The van der Waals surface area contributed by atoms with E-state index in [1.165, 1.54) is 36.8 Å². The standard InChI is InChI=1S/C15H24N2/c1-4-5-11(2)17(3)15-9-6-12-10-13(16)7-8-14(12)15/h7-8,10-11,15H,4-6,9,16H2,1-3H3. The second-order valence-corrected chi connectivity index (χ2v) is 5.32. The average Bonchev–Trinajstić information content (AvgIpc) is 2.71. The predicted molar refractivity (Wildman–Crippen MR) is 74.0 cm³/mol. The minimum atomic E-state index is 0.590. The van der Waals surface area contributed by atoms with Gasteiger partial charge in [0.15, 0.2) is 0 Å². The third kappa shape index (κ3) is 2.47. The van der Waals surface area contributed by atoms with Crippen molar-refractivity contribution >= 4 is 5.69 Å². The highest BCUT2D eigenvalue weighted by atomic mass is 15.2. The monoisotopic (exact) mass is 232 g/mol. The van der Waals surface area contributed by atoms with Gasteiger partial charge in [-0.15, -0.1) is 0 Å². The smallest absolute Gasteiger partial charge is 0.0353 e. The maximum absolute atomic E-state index is 5.85. The molecule has 1 aliphatic carbocycles. The van der Waals surface area contributed by atoms with E-state index in [-0.39, 0.29) is 0 Å². The number of anilines is 1. The molecule has 0 saturated heterocycles. The van der Waals surface area contributed by atoms with E-state index in [9.17, 15) is 0 Å². The Bertz CT molecular complexity index is 387. The lowest BCUT2D eigenvalue weighted by atomic mass is 10.0. The van der Waals surface area contributed by atoms with Crippen LogP contribution < -0.4 is 5.73 Å². The molecule has 2 N–H and O–H groups in total. The third-order valence-electron chi connectivity index (χ3n) is 4.11. The Labute approximate surface area is 105 Å². The minimum absolute atomic E-state index is 0.590. The van der Waals surface area contributed by atoms with E-state index in [4.69, 9.17) is 5.73 Å². The molecule has 2 rings (SSSR count). The molecule has 2 unspecified atom stereocenters. The van der Waals surface area contributed by atoms with Gasteiger partial charge in [0.1, 0.15) is 0 Å². The van der Waals surface area contributed by atoms with Crippen LogP contribution in [0.25, 0.3) is 0 Å². The zero-order chi connectivity index (χ0) is 12.4. The largest absolute Gasteiger partial charge is 0.399 e. The summed E-state index contributed by atoms with van der Waals surface area (Å²) in [7, 11) is 2.26. The molecule has 17 heavy (non-hydrogen) atoms. The summed E-state index contributed by atoms with van der Waals surface area (Å²) >= 11 is 0. The summed E-state index contributed by atoms with van der Waals surface area (Å²) in [5.41, 5.74) is 9.68. The first-order valence-corrected chi connectivity index (χ1v) is 6.73. The number of hydrogen-bond acceptors (Lipinski definition) is 2. The van der Waals surface area contributed by atoms with Gasteiger partial charge in [0.2, 0.25) is 0 Å². The van der Waals surface area contributed by atoms with Crippen molar-refractivity contribution in [2.75, 3.05) is 12.8 Å². The van der Waals surface area contributed by atoms with Crippen LogP contribution in [0.15, 0.2) is 18.2 Å². The van der Waals surface area contributed by atoms with Gasteiger partial charge in [-0.1, -0.05) is 19.4 Å². The quantitative estimate of drug-likeness (QED) is 0.806. The summed E-state index contributed by atoms with van der Waals surface area (Å²) < 4.78 is 0. The normalized spacial score (nSPS) is 20.6. The molecule has 0 fully saturated rings. The van der Waals surface area contributed by atoms with E-state index in [0.29, 0.717) is 12.1 Å². The van der Waals surface area contributed by atoms with Crippen LogP contribution in [0.2, 0.25) is 0 Å². The van der Waals surface area contributed by atoms with E-state index >= 15 is 0 Å². The van der Waals surface area contributed by atoms with Gasteiger partial charge < -0.3 is 5.73 Å². The van der Waals surface area contributed by atoms with Crippen molar-refractivity contribution in [3.8, 4) is 0 Å². The average molecular weight is 232 g/mol. The number of hydrogen-bond donors (Lipinski definition) is 1. The maximum Gasteiger partial charge on any atom is 0.0353 e. The number of benzene rings is 1. The van der Waals surface area contributed by atoms with Gasteiger partial charge in [0.05, 0.1) is 0 Å². The first kappa shape index (κ1) is 12.4. The lowest BCUT2D eigenvalue weighted by molar-refractivity contribution is 0.175. The fraction of sp³-hybridized carbons (Fsp3) is 0.600. The van der Waals surface area contributed by atoms with E-state index in [2.05, 4.69) is 37.9 Å². The molecule has 0 amide bonds. The van der Waals surface area contributed by atoms with Gasteiger partial charge in [-0.3, -0.25) is 4.90 Å². The van der Waals surface area contributed by atoms with Gasteiger partial charge in [-0.05, 0) is 56.5 Å². The molecule has 2 atom stereocenters. The first-order valence-electron chi connectivity index (χ1n) is 6.73. The summed E-state index contributed by atoms with van der Waals surface area (Å²) in [6, 6.07) is 7.65. The number of fused-ring (bicyclic) bond motifs is 1. The van der Waals surface area contributed by atoms with Crippen LogP contribution in [0.1, 0.15) is 50.3 Å². The molecule has 0 aliphatic heterocycles. The van der Waals surface area contributed by atoms with Crippen molar-refractivity contribution in [3.63, 3.8) is 0 Å². The minimum Gasteiger partial charge on any atom is -0.399 e. The molecule has 0 saturated carbocycles. The SMILES string of the molecule is CCCC(C)N(C)C1CCc2cc(N)ccc21. The molecule has 0 bridgehead atoms. The van der Waals surface area contributed by atoms with Crippen LogP contribution in [0.3, 0.4) is 0 Å². The second-order valence-electron chi connectivity index (χ2n) is 5.32. The summed E-state index contributed by atoms with van der Waals surface area (Å²) in [5, 5.41) is 0. The third-order valence-corrected chi connectivity index (χ3v) is 4.11. The molecule has 1 aromatic carbocycles. The first-order chi connectivity index (χ1) is 8.13. The maximum atomic E-state index is 5.85. The van der Waals surface area contributed by atoms with Crippen LogP contribution in [0, 0.1) is 0 Å². The summed E-state index contributed by atoms with van der Waals surface area (Å²) in [6.45, 7) is 4.59. The van der Waals surface area contributed by atoms with Crippen LogP contribution in [0.5, 0.6) is 0 Å². The van der Waals surface area contributed by atoms with Crippen molar-refractivity contribution in [1.29, 1.82) is 0 Å². The van der Waals surface area contributed by atoms with E-state index in [1.807, 2.05) is 6.07 Å². The summed E-state index contributed by atoms with van der Waals surface area (Å²) in [5.74, 6) is 0. The van der Waals surface area contributed by atoms with Crippen LogP contribution in [0.4, 0.5) is 5.69 Å². The number of nitrogens with two attached hydrogens (primary N) is 1. The summed E-state index contributed by atoms with van der Waals surface area (Å²) in [6.07, 6.45) is 4.95. The molecule has 94 valence electrons. The fourth-order valence-corrected chi connectivity index (χ4v) is 2.97. The predicted octanol–water partition coefficient (Wildman–Crippen LogP) is 3.38. The van der Waals surface area contributed by atoms with E-state index in [0.717, 1.165) is 5.69 Å². The number of nitrogens with zero attached hydrogens (tertiary/aromatic N) is 1. The van der Waals surface area contributed by atoms with Crippen LogP contribution >= 0.6 is 0 Å². The van der Waals surface area contributed by atoms with Gasteiger partial charge >= 0.3 is 0 Å². The van der Waals surface area contributed by atoms with Gasteiger partial charge in [-0.2, -0.15) is 0 Å². The molecule has 0 spiro atoms. The van der Waals surface area contributed by atoms with Gasteiger partial charge in [-0.25, -0.2) is 0 Å². The Morgan fingerprint density at radius 3 is 2.94 bits per heavy atom. The molecular weight excluding hydrogens is 208 g/mol. The molecule has 2 nitrogen and oxygen atoms in total. The number of nitrogen functional groups attached to an aromatic ring is 1. The van der Waals surface area contributed by atoms with Crippen LogP contribution in [-0.4, -0.2) is 18.0 Å². The highest BCUT2D eigenvalue weighted by Crippen LogP contribution is 2.37. The Kier molecular flexibility index (Phi) is 3.72. The van der Waals surface area contributed by atoms with Crippen molar-refractivity contribution in [2.24, 2.45) is 0 Å². The molecule has 0 radical (unpaired) electrons. The molecule has 0 heterocycles. The highest BCUT2D eigenvalue weighted by Gasteiger charge is 2.27. The van der Waals surface area contributed by atoms with Crippen LogP contribution in [-0.2, 0) is 6.42 Å². The zero-order valence-corrected chi connectivity index (χ0v) is 11.2. The Hall–Kier alpha value is -1.02. The second kappa shape index (κ2) is 5.09. The molecule has 1 aliphatic rings. The molecule has 1 aromatic rings. The molecular formula is C15H24N2. The topological polar surface area (TPSA) is 29.3 Å². The molecule has 0 aromatic heterocycles.